The van der Waals surface area contributed by atoms with Crippen molar-refractivity contribution in [3.8, 4) is 0 Å². The highest BCUT2D eigenvalue weighted by atomic mass is 79.9. The normalized spacial score (nSPS) is 21.2. The zero-order chi connectivity index (χ0) is 18.1. The summed E-state index contributed by atoms with van der Waals surface area (Å²) in [5.41, 5.74) is 1.65. The molecule has 2 aliphatic rings. The van der Waals surface area contributed by atoms with Crippen LogP contribution >= 0.6 is 15.9 Å². The molecule has 0 N–H and O–H groups in total. The third-order valence-corrected chi connectivity index (χ3v) is 6.09. The van der Waals surface area contributed by atoms with Crippen LogP contribution in [0.4, 0.5) is 5.69 Å². The minimum atomic E-state index is -1.32. The average Bonchev–Trinajstić information content (AvgIpc) is 2.89. The third-order valence-electron chi connectivity index (χ3n) is 5.44. The van der Waals surface area contributed by atoms with Gasteiger partial charge in [0, 0.05) is 28.3 Å². The molecule has 1 atom stereocenters. The molecule has 0 unspecified atom stereocenters. The molecule has 26 heavy (non-hydrogen) atoms. The number of anilines is 1. The van der Waals surface area contributed by atoms with E-state index in [1.807, 2.05) is 54.6 Å². The minimum Gasteiger partial charge on any atom is -0.314 e. The molecule has 0 bridgehead atoms. The first-order chi connectivity index (χ1) is 12.6. The second kappa shape index (κ2) is 5.15. The lowest BCUT2D eigenvalue weighted by Crippen LogP contribution is -2.45. The summed E-state index contributed by atoms with van der Waals surface area (Å²) in [6.45, 7) is 0. The number of hydrogen-bond donors (Lipinski definition) is 0. The second-order valence-electron chi connectivity index (χ2n) is 6.72. The van der Waals surface area contributed by atoms with Crippen LogP contribution in [0.1, 0.15) is 21.5 Å². The van der Waals surface area contributed by atoms with E-state index in [2.05, 4.69) is 15.9 Å². The van der Waals surface area contributed by atoms with Gasteiger partial charge in [-0.2, -0.15) is 0 Å². The number of benzene rings is 3. The quantitative estimate of drug-likeness (QED) is 0.510. The maximum absolute atomic E-state index is 13.6. The maximum Gasteiger partial charge on any atom is 0.249 e. The summed E-state index contributed by atoms with van der Waals surface area (Å²) >= 11 is 3.60. The first-order valence-corrected chi connectivity index (χ1v) is 9.18. The van der Waals surface area contributed by atoms with E-state index in [1.54, 1.807) is 24.1 Å². The summed E-state index contributed by atoms with van der Waals surface area (Å²) in [6.07, 6.45) is 1.79. The van der Waals surface area contributed by atoms with Crippen molar-refractivity contribution in [1.82, 2.24) is 0 Å². The van der Waals surface area contributed by atoms with E-state index < -0.39 is 5.41 Å². The van der Waals surface area contributed by atoms with Gasteiger partial charge in [-0.1, -0.05) is 70.5 Å². The Kier molecular flexibility index (Phi) is 3.07. The fraction of sp³-hybridized carbons (Fsp3) is 0.0909. The van der Waals surface area contributed by atoms with Crippen LogP contribution in [0.2, 0.25) is 0 Å². The van der Waals surface area contributed by atoms with Crippen LogP contribution in [0.15, 0.2) is 66.7 Å². The van der Waals surface area contributed by atoms with Crippen LogP contribution in [0, 0.1) is 0 Å². The molecule has 126 valence electrons. The number of nitrogens with zero attached hydrogens (tertiary/aromatic N) is 1. The first kappa shape index (κ1) is 15.5. The smallest absolute Gasteiger partial charge is 0.249 e. The summed E-state index contributed by atoms with van der Waals surface area (Å²) < 4.78 is 0.773. The number of likely N-dealkylation sites (N-methyl/N-ethyl adjacent to an activating group) is 1. The minimum absolute atomic E-state index is 0.164. The molecule has 0 radical (unpaired) electrons. The molecule has 1 amide bonds. The molecule has 0 saturated heterocycles. The fourth-order valence-electron chi connectivity index (χ4n) is 4.21. The molecule has 5 rings (SSSR count). The monoisotopic (exact) mass is 403 g/mol. The molecule has 1 aliphatic heterocycles. The first-order valence-electron chi connectivity index (χ1n) is 8.38. The van der Waals surface area contributed by atoms with Crippen molar-refractivity contribution in [2.45, 2.75) is 5.41 Å². The number of ketones is 1. The van der Waals surface area contributed by atoms with Crippen molar-refractivity contribution in [1.29, 1.82) is 0 Å². The molecule has 1 heterocycles. The zero-order valence-corrected chi connectivity index (χ0v) is 15.6. The lowest BCUT2D eigenvalue weighted by molar-refractivity contribution is -0.120. The van der Waals surface area contributed by atoms with Crippen molar-refractivity contribution < 1.29 is 9.59 Å². The molecule has 3 nitrogen and oxygen atoms in total. The standard InChI is InChI=1S/C22H14BrNO2/c1-24-18-11-10-13-6-2-3-7-14(13)19(18)22(21(24)26)12-17(23)15-8-4-5-9-16(15)20(22)25/h2-12H,1H3/t22-/m0/s1. The highest BCUT2D eigenvalue weighted by Crippen LogP contribution is 2.51. The number of amides is 1. The molecule has 1 aliphatic carbocycles. The summed E-state index contributed by atoms with van der Waals surface area (Å²) in [5, 5.41) is 1.96. The highest BCUT2D eigenvalue weighted by Gasteiger charge is 2.56. The van der Waals surface area contributed by atoms with E-state index in [1.165, 1.54) is 0 Å². The maximum atomic E-state index is 13.6. The number of Topliss-reactive ketones (excluding diaryl/α,β-unsaturated/α-hetero) is 1. The molecule has 3 aromatic carbocycles. The van der Waals surface area contributed by atoms with Gasteiger partial charge in [0.05, 0.1) is 0 Å². The van der Waals surface area contributed by atoms with E-state index in [0.717, 1.165) is 32.1 Å². The van der Waals surface area contributed by atoms with Gasteiger partial charge in [-0.05, 0) is 28.5 Å². The summed E-state index contributed by atoms with van der Waals surface area (Å²) in [4.78, 5) is 28.6. The van der Waals surface area contributed by atoms with Crippen LogP contribution < -0.4 is 4.90 Å². The second-order valence-corrected chi connectivity index (χ2v) is 7.57. The highest BCUT2D eigenvalue weighted by molar-refractivity contribution is 9.15. The number of hydrogen-bond acceptors (Lipinski definition) is 2. The fourth-order valence-corrected chi connectivity index (χ4v) is 4.90. The lowest BCUT2D eigenvalue weighted by atomic mass is 9.70. The van der Waals surface area contributed by atoms with Gasteiger partial charge >= 0.3 is 0 Å². The van der Waals surface area contributed by atoms with Crippen LogP contribution in [0.25, 0.3) is 15.3 Å². The molecular weight excluding hydrogens is 390 g/mol. The average molecular weight is 404 g/mol. The van der Waals surface area contributed by atoms with Gasteiger partial charge in [-0.25, -0.2) is 0 Å². The number of rotatable bonds is 0. The molecule has 0 aromatic heterocycles. The molecule has 0 saturated carbocycles. The Morgan fingerprint density at radius 3 is 2.38 bits per heavy atom. The van der Waals surface area contributed by atoms with Gasteiger partial charge in [0.25, 0.3) is 0 Å². The van der Waals surface area contributed by atoms with Gasteiger partial charge in [-0.15, -0.1) is 0 Å². The Hall–Kier alpha value is -2.72. The summed E-state index contributed by atoms with van der Waals surface area (Å²) in [7, 11) is 1.74. The van der Waals surface area contributed by atoms with Crippen molar-refractivity contribution in [3.63, 3.8) is 0 Å². The predicted molar refractivity (Wildman–Crippen MR) is 107 cm³/mol. The van der Waals surface area contributed by atoms with Crippen molar-refractivity contribution in [2.75, 3.05) is 11.9 Å². The summed E-state index contributed by atoms with van der Waals surface area (Å²) in [5.74, 6) is -0.372. The molecular formula is C22H14BrNO2. The van der Waals surface area contributed by atoms with Crippen LogP contribution in [0.5, 0.6) is 0 Å². The Balaban J connectivity index is 1.93. The lowest BCUT2D eigenvalue weighted by Gasteiger charge is -2.29. The number of fused-ring (bicyclic) bond motifs is 5. The van der Waals surface area contributed by atoms with Gasteiger partial charge in [0.15, 0.2) is 11.2 Å². The van der Waals surface area contributed by atoms with E-state index in [4.69, 9.17) is 0 Å². The van der Waals surface area contributed by atoms with Gasteiger partial charge < -0.3 is 4.90 Å². The number of carbonyl (C=O) groups is 2. The number of carbonyl (C=O) groups excluding carboxylic acids is 2. The largest absolute Gasteiger partial charge is 0.314 e. The van der Waals surface area contributed by atoms with Gasteiger partial charge in [0.2, 0.25) is 5.91 Å². The molecule has 1 spiro atoms. The Labute approximate surface area is 159 Å². The predicted octanol–water partition coefficient (Wildman–Crippen LogP) is 4.69. The number of halogens is 1. The van der Waals surface area contributed by atoms with E-state index >= 15 is 0 Å². The Morgan fingerprint density at radius 1 is 0.885 bits per heavy atom. The summed E-state index contributed by atoms with van der Waals surface area (Å²) in [6, 6.07) is 19.2. The zero-order valence-electron chi connectivity index (χ0n) is 14.0. The Morgan fingerprint density at radius 2 is 1.58 bits per heavy atom. The molecule has 4 heteroatoms. The van der Waals surface area contributed by atoms with Crippen molar-refractivity contribution in [2.24, 2.45) is 0 Å². The van der Waals surface area contributed by atoms with Gasteiger partial charge in [0.1, 0.15) is 0 Å². The SMILES string of the molecule is CN1C(=O)[C@@]2(C=C(Br)c3ccccc3C2=O)c2c1ccc1ccccc21. The van der Waals surface area contributed by atoms with Gasteiger partial charge in [-0.3, -0.25) is 9.59 Å². The third kappa shape index (κ3) is 1.72. The van der Waals surface area contributed by atoms with Crippen LogP contribution in [-0.2, 0) is 10.2 Å². The van der Waals surface area contributed by atoms with E-state index in [-0.39, 0.29) is 11.7 Å². The van der Waals surface area contributed by atoms with E-state index in [0.29, 0.717) is 5.56 Å². The molecule has 3 aromatic rings. The van der Waals surface area contributed by atoms with E-state index in [9.17, 15) is 9.59 Å². The topological polar surface area (TPSA) is 37.4 Å². The Bertz CT molecular complexity index is 1160. The van der Waals surface area contributed by atoms with Crippen LogP contribution in [0.3, 0.4) is 0 Å². The van der Waals surface area contributed by atoms with Crippen molar-refractivity contribution in [3.05, 3.63) is 83.4 Å². The molecule has 0 fully saturated rings. The van der Waals surface area contributed by atoms with Crippen LogP contribution in [-0.4, -0.2) is 18.7 Å². The van der Waals surface area contributed by atoms with Crippen molar-refractivity contribution >= 4 is 48.6 Å².